The van der Waals surface area contributed by atoms with E-state index in [-0.39, 0.29) is 5.82 Å². The molecule has 0 radical (unpaired) electrons. The Balaban J connectivity index is 1.74. The summed E-state index contributed by atoms with van der Waals surface area (Å²) in [6.07, 6.45) is 1.78. The minimum absolute atomic E-state index is 0.247. The predicted octanol–water partition coefficient (Wildman–Crippen LogP) is 4.32. The first-order valence-corrected chi connectivity index (χ1v) is 7.09. The van der Waals surface area contributed by atoms with Crippen molar-refractivity contribution in [2.45, 2.75) is 13.1 Å². The first-order valence-electron chi connectivity index (χ1n) is 6.71. The van der Waals surface area contributed by atoms with Crippen molar-refractivity contribution in [1.82, 2.24) is 10.3 Å². The number of hydrogen-bond acceptors (Lipinski definition) is 2. The summed E-state index contributed by atoms with van der Waals surface area (Å²) in [4.78, 5) is 4.40. The first-order chi connectivity index (χ1) is 10.2. The molecule has 4 heteroatoms. The molecule has 1 heterocycles. The Kier molecular flexibility index (Phi) is 4.13. The van der Waals surface area contributed by atoms with Crippen molar-refractivity contribution in [1.29, 1.82) is 0 Å². The van der Waals surface area contributed by atoms with Crippen LogP contribution in [0, 0.1) is 5.82 Å². The highest BCUT2D eigenvalue weighted by molar-refractivity contribution is 6.30. The number of para-hydroxylation sites is 1. The molecule has 2 nitrogen and oxygen atoms in total. The van der Waals surface area contributed by atoms with Gasteiger partial charge in [-0.05, 0) is 29.8 Å². The molecular weight excluding hydrogens is 287 g/mol. The average molecular weight is 301 g/mol. The lowest BCUT2D eigenvalue weighted by Gasteiger charge is -2.08. The van der Waals surface area contributed by atoms with Crippen molar-refractivity contribution in [2.75, 3.05) is 0 Å². The molecule has 0 saturated carbocycles. The van der Waals surface area contributed by atoms with Crippen molar-refractivity contribution in [3.05, 3.63) is 76.7 Å². The van der Waals surface area contributed by atoms with E-state index in [0.29, 0.717) is 23.7 Å². The van der Waals surface area contributed by atoms with E-state index in [1.54, 1.807) is 18.3 Å². The molecule has 1 N–H and O–H groups in total. The van der Waals surface area contributed by atoms with Crippen LogP contribution in [0.4, 0.5) is 4.39 Å². The molecule has 0 aliphatic carbocycles. The van der Waals surface area contributed by atoms with E-state index >= 15 is 0 Å². The minimum Gasteiger partial charge on any atom is -0.308 e. The largest absolute Gasteiger partial charge is 0.308 e. The van der Waals surface area contributed by atoms with Gasteiger partial charge in [0.05, 0.1) is 5.52 Å². The van der Waals surface area contributed by atoms with Crippen molar-refractivity contribution in [3.63, 3.8) is 0 Å². The third kappa shape index (κ3) is 3.20. The maximum absolute atomic E-state index is 13.6. The van der Waals surface area contributed by atoms with Gasteiger partial charge in [0.2, 0.25) is 0 Å². The van der Waals surface area contributed by atoms with E-state index < -0.39 is 0 Å². The highest BCUT2D eigenvalue weighted by Crippen LogP contribution is 2.17. The molecule has 0 bridgehead atoms. The second-order valence-electron chi connectivity index (χ2n) is 4.83. The maximum Gasteiger partial charge on any atom is 0.127 e. The van der Waals surface area contributed by atoms with Crippen LogP contribution in [0.25, 0.3) is 10.9 Å². The summed E-state index contributed by atoms with van der Waals surface area (Å²) in [6.45, 7) is 1.05. The highest BCUT2D eigenvalue weighted by atomic mass is 35.5. The summed E-state index contributed by atoms with van der Waals surface area (Å²) < 4.78 is 13.6. The van der Waals surface area contributed by atoms with Gasteiger partial charge in [0.25, 0.3) is 0 Å². The number of halogens is 2. The smallest absolute Gasteiger partial charge is 0.127 e. The molecule has 0 aliphatic heterocycles. The van der Waals surface area contributed by atoms with Crippen molar-refractivity contribution in [3.8, 4) is 0 Å². The molecule has 1 aromatic heterocycles. The fraction of sp³-hybridized carbons (Fsp3) is 0.118. The van der Waals surface area contributed by atoms with Crippen LogP contribution >= 0.6 is 11.6 Å². The summed E-state index contributed by atoms with van der Waals surface area (Å²) in [7, 11) is 0. The Bertz CT molecular complexity index is 768. The van der Waals surface area contributed by atoms with E-state index in [4.69, 9.17) is 11.6 Å². The van der Waals surface area contributed by atoms with Crippen LogP contribution < -0.4 is 5.32 Å². The maximum atomic E-state index is 13.6. The third-order valence-corrected chi connectivity index (χ3v) is 3.59. The second-order valence-corrected chi connectivity index (χ2v) is 5.27. The van der Waals surface area contributed by atoms with Crippen LogP contribution in [0.5, 0.6) is 0 Å². The lowest BCUT2D eigenvalue weighted by Crippen LogP contribution is -2.14. The number of nitrogens with one attached hydrogen (secondary N) is 1. The third-order valence-electron chi connectivity index (χ3n) is 3.35. The second kappa shape index (κ2) is 6.20. The van der Waals surface area contributed by atoms with Crippen molar-refractivity contribution in [2.24, 2.45) is 0 Å². The number of fused-ring (bicyclic) bond motifs is 1. The van der Waals surface area contributed by atoms with Gasteiger partial charge < -0.3 is 5.32 Å². The molecule has 0 unspecified atom stereocenters. The normalized spacial score (nSPS) is 11.0. The Morgan fingerprint density at radius 2 is 1.81 bits per heavy atom. The zero-order valence-corrected chi connectivity index (χ0v) is 12.1. The summed E-state index contributed by atoms with van der Waals surface area (Å²) in [5, 5.41) is 4.88. The van der Waals surface area contributed by atoms with E-state index in [2.05, 4.69) is 10.3 Å². The summed E-state index contributed by atoms with van der Waals surface area (Å²) in [5.74, 6) is -0.247. The van der Waals surface area contributed by atoms with Crippen LogP contribution in [0.2, 0.25) is 5.02 Å². The molecule has 2 aromatic carbocycles. The fourth-order valence-corrected chi connectivity index (χ4v) is 2.52. The van der Waals surface area contributed by atoms with Gasteiger partial charge in [-0.25, -0.2) is 4.39 Å². The SMILES string of the molecule is Fc1ccc(Cl)cc1CNCc1cccc2cccnc12. The van der Waals surface area contributed by atoms with Gasteiger partial charge in [0, 0.05) is 35.3 Å². The first kappa shape index (κ1) is 14.0. The monoisotopic (exact) mass is 300 g/mol. The average Bonchev–Trinajstić information content (AvgIpc) is 2.51. The van der Waals surface area contributed by atoms with Gasteiger partial charge in [-0.15, -0.1) is 0 Å². The Morgan fingerprint density at radius 3 is 2.71 bits per heavy atom. The van der Waals surface area contributed by atoms with Gasteiger partial charge >= 0.3 is 0 Å². The number of pyridine rings is 1. The Hall–Kier alpha value is -1.97. The summed E-state index contributed by atoms with van der Waals surface area (Å²) in [6, 6.07) is 14.6. The summed E-state index contributed by atoms with van der Waals surface area (Å²) >= 11 is 5.89. The number of rotatable bonds is 4. The standard InChI is InChI=1S/C17H14ClFN2/c18-15-6-7-16(19)14(9-15)11-20-10-13-4-1-3-12-5-2-8-21-17(12)13/h1-9,20H,10-11H2. The number of benzene rings is 2. The molecule has 3 aromatic rings. The minimum atomic E-state index is -0.247. The highest BCUT2D eigenvalue weighted by Gasteiger charge is 2.04. The molecule has 0 fully saturated rings. The van der Waals surface area contributed by atoms with Crippen LogP contribution in [0.1, 0.15) is 11.1 Å². The fourth-order valence-electron chi connectivity index (χ4n) is 2.32. The van der Waals surface area contributed by atoms with Crippen molar-refractivity contribution < 1.29 is 4.39 Å². The van der Waals surface area contributed by atoms with E-state index in [9.17, 15) is 4.39 Å². The molecule has 0 aliphatic rings. The number of nitrogens with zero attached hydrogens (tertiary/aromatic N) is 1. The van der Waals surface area contributed by atoms with Gasteiger partial charge in [-0.3, -0.25) is 4.98 Å². The number of aromatic nitrogens is 1. The molecule has 21 heavy (non-hydrogen) atoms. The number of hydrogen-bond donors (Lipinski definition) is 1. The van der Waals surface area contributed by atoms with E-state index in [0.717, 1.165) is 16.5 Å². The lowest BCUT2D eigenvalue weighted by molar-refractivity contribution is 0.588. The van der Waals surface area contributed by atoms with Gasteiger partial charge in [0.15, 0.2) is 0 Å². The van der Waals surface area contributed by atoms with Crippen molar-refractivity contribution >= 4 is 22.5 Å². The van der Waals surface area contributed by atoms with E-state index in [1.807, 2.05) is 30.3 Å². The van der Waals surface area contributed by atoms with Crippen LogP contribution in [-0.4, -0.2) is 4.98 Å². The predicted molar refractivity (Wildman–Crippen MR) is 83.7 cm³/mol. The molecule has 0 atom stereocenters. The summed E-state index contributed by atoms with van der Waals surface area (Å²) in [5.41, 5.74) is 2.63. The molecule has 106 valence electrons. The van der Waals surface area contributed by atoms with Crippen LogP contribution in [0.15, 0.2) is 54.7 Å². The van der Waals surface area contributed by atoms with Crippen LogP contribution in [0.3, 0.4) is 0 Å². The molecule has 0 saturated heterocycles. The quantitative estimate of drug-likeness (QED) is 0.776. The van der Waals surface area contributed by atoms with E-state index in [1.165, 1.54) is 6.07 Å². The topological polar surface area (TPSA) is 24.9 Å². The van der Waals surface area contributed by atoms with Crippen LogP contribution in [-0.2, 0) is 13.1 Å². The van der Waals surface area contributed by atoms with Gasteiger partial charge in [0.1, 0.15) is 5.82 Å². The Morgan fingerprint density at radius 1 is 1.00 bits per heavy atom. The molecular formula is C17H14ClFN2. The zero-order valence-electron chi connectivity index (χ0n) is 11.3. The molecule has 0 spiro atoms. The molecule has 3 rings (SSSR count). The van der Waals surface area contributed by atoms with Gasteiger partial charge in [-0.1, -0.05) is 35.9 Å². The molecule has 0 amide bonds. The lowest BCUT2D eigenvalue weighted by atomic mass is 10.1. The van der Waals surface area contributed by atoms with Gasteiger partial charge in [-0.2, -0.15) is 0 Å². The Labute approximate surface area is 127 Å². The zero-order chi connectivity index (χ0) is 14.7.